The van der Waals surface area contributed by atoms with Crippen LogP contribution in [0.1, 0.15) is 24.8 Å². The predicted molar refractivity (Wildman–Crippen MR) is 82.3 cm³/mol. The molecule has 1 aromatic rings. The van der Waals surface area contributed by atoms with E-state index >= 15 is 0 Å². The minimum absolute atomic E-state index is 0.0326. The summed E-state index contributed by atoms with van der Waals surface area (Å²) in [5, 5.41) is 4.60. The van der Waals surface area contributed by atoms with Crippen molar-refractivity contribution < 1.29 is 14.4 Å². The lowest BCUT2D eigenvalue weighted by Gasteiger charge is -2.32. The number of hydrogen-bond donors (Lipinski definition) is 2. The van der Waals surface area contributed by atoms with Crippen molar-refractivity contribution in [1.82, 2.24) is 20.5 Å². The number of imide groups is 1. The molecule has 4 amide bonds. The van der Waals surface area contributed by atoms with Crippen molar-refractivity contribution >= 4 is 17.8 Å². The lowest BCUT2D eigenvalue weighted by molar-refractivity contribution is -0.135. The molecule has 2 N–H and O–H groups in total. The van der Waals surface area contributed by atoms with Crippen molar-refractivity contribution in [2.45, 2.75) is 31.7 Å². The van der Waals surface area contributed by atoms with E-state index in [-0.39, 0.29) is 12.3 Å². The zero-order chi connectivity index (χ0) is 16.2. The number of nitrogens with one attached hydrogen (secondary N) is 2. The summed E-state index contributed by atoms with van der Waals surface area (Å²) in [6.45, 7) is 1.40. The predicted octanol–water partition coefficient (Wildman–Crippen LogP) is 0.461. The molecule has 0 spiro atoms. The third-order valence-corrected chi connectivity index (χ3v) is 4.45. The second kappa shape index (κ2) is 6.76. The Balaban J connectivity index is 1.46. The van der Waals surface area contributed by atoms with E-state index < -0.39 is 18.0 Å². The monoisotopic (exact) mass is 316 g/mol. The van der Waals surface area contributed by atoms with E-state index in [1.165, 1.54) is 5.56 Å². The molecule has 0 aliphatic carbocycles. The molecule has 23 heavy (non-hydrogen) atoms. The highest BCUT2D eigenvalue weighted by Crippen LogP contribution is 2.22. The third kappa shape index (κ3) is 3.85. The fraction of sp³-hybridized carbons (Fsp3) is 0.500. The Bertz CT molecular complexity index is 597. The van der Waals surface area contributed by atoms with Crippen LogP contribution in [0, 0.1) is 5.92 Å². The van der Waals surface area contributed by atoms with Crippen molar-refractivity contribution in [3.8, 4) is 0 Å². The normalized spacial score (nSPS) is 21.9. The van der Waals surface area contributed by atoms with E-state index in [1.807, 2.05) is 12.3 Å². The number of likely N-dealkylation sites (tertiary alicyclic amines) is 1. The maximum atomic E-state index is 12.3. The third-order valence-electron chi connectivity index (χ3n) is 4.45. The molecule has 0 radical (unpaired) electrons. The molecule has 7 nitrogen and oxygen atoms in total. The average Bonchev–Trinajstić information content (AvgIpc) is 2.86. The van der Waals surface area contributed by atoms with Gasteiger partial charge in [-0.25, -0.2) is 4.79 Å². The number of piperidine rings is 1. The molecular weight excluding hydrogens is 296 g/mol. The van der Waals surface area contributed by atoms with Gasteiger partial charge in [0.05, 0.1) is 6.42 Å². The molecule has 0 saturated carbocycles. The fourth-order valence-corrected chi connectivity index (χ4v) is 3.15. The number of amides is 4. The van der Waals surface area contributed by atoms with Gasteiger partial charge in [0.15, 0.2) is 0 Å². The first kappa shape index (κ1) is 15.5. The Morgan fingerprint density at radius 2 is 2.09 bits per heavy atom. The van der Waals surface area contributed by atoms with Crippen molar-refractivity contribution in [2.75, 3.05) is 13.1 Å². The van der Waals surface area contributed by atoms with Crippen LogP contribution in [0.3, 0.4) is 0 Å². The second-order valence-electron chi connectivity index (χ2n) is 6.11. The largest absolute Gasteiger partial charge is 0.343 e. The van der Waals surface area contributed by atoms with E-state index in [2.05, 4.69) is 21.7 Å². The number of hydrogen-bond acceptors (Lipinski definition) is 4. The average molecular weight is 316 g/mol. The molecular formula is C16H20N4O3. The van der Waals surface area contributed by atoms with E-state index in [9.17, 15) is 14.4 Å². The maximum absolute atomic E-state index is 12.3. The van der Waals surface area contributed by atoms with Gasteiger partial charge < -0.3 is 10.2 Å². The summed E-state index contributed by atoms with van der Waals surface area (Å²) in [6, 6.07) is 2.76. The molecule has 2 saturated heterocycles. The van der Waals surface area contributed by atoms with Crippen LogP contribution >= 0.6 is 0 Å². The van der Waals surface area contributed by atoms with Gasteiger partial charge in [0.1, 0.15) is 6.04 Å². The number of pyridine rings is 1. The van der Waals surface area contributed by atoms with Gasteiger partial charge in [0.2, 0.25) is 5.91 Å². The SMILES string of the molecule is O=C1NC(=O)[C@H](CC(=O)N2CCC(Cc3cccnc3)CC2)N1. The molecule has 0 bridgehead atoms. The van der Waals surface area contributed by atoms with Gasteiger partial charge in [-0.2, -0.15) is 0 Å². The number of urea groups is 1. The lowest BCUT2D eigenvalue weighted by Crippen LogP contribution is -2.42. The standard InChI is InChI=1S/C16H20N4O3/c21-14(9-13-15(22)19-16(23)18-13)20-6-3-11(4-7-20)8-12-2-1-5-17-10-12/h1-2,5,10-11,13H,3-4,6-9H2,(H2,18,19,22,23)/t13-/m0/s1. The highest BCUT2D eigenvalue weighted by molar-refractivity contribution is 6.05. The molecule has 7 heteroatoms. The number of aromatic nitrogens is 1. The lowest BCUT2D eigenvalue weighted by atomic mass is 9.90. The minimum Gasteiger partial charge on any atom is -0.343 e. The molecule has 3 rings (SSSR count). The van der Waals surface area contributed by atoms with Crippen LogP contribution in [0.5, 0.6) is 0 Å². The van der Waals surface area contributed by atoms with Crippen LogP contribution in [0.4, 0.5) is 4.79 Å². The molecule has 0 aromatic carbocycles. The van der Waals surface area contributed by atoms with Gasteiger partial charge in [-0.15, -0.1) is 0 Å². The molecule has 3 heterocycles. The molecule has 2 fully saturated rings. The van der Waals surface area contributed by atoms with E-state index in [4.69, 9.17) is 0 Å². The Morgan fingerprint density at radius 1 is 1.30 bits per heavy atom. The van der Waals surface area contributed by atoms with E-state index in [0.29, 0.717) is 19.0 Å². The first-order valence-corrected chi connectivity index (χ1v) is 7.90. The van der Waals surface area contributed by atoms with Gasteiger partial charge in [-0.3, -0.25) is 19.9 Å². The smallest absolute Gasteiger partial charge is 0.322 e. The second-order valence-corrected chi connectivity index (χ2v) is 6.11. The summed E-state index contributed by atoms with van der Waals surface area (Å²) in [4.78, 5) is 40.7. The molecule has 2 aliphatic rings. The Morgan fingerprint density at radius 3 is 2.70 bits per heavy atom. The topological polar surface area (TPSA) is 91.4 Å². The van der Waals surface area contributed by atoms with Gasteiger partial charge >= 0.3 is 6.03 Å². The summed E-state index contributed by atoms with van der Waals surface area (Å²) >= 11 is 0. The van der Waals surface area contributed by atoms with Crippen LogP contribution in [-0.2, 0) is 16.0 Å². The molecule has 0 unspecified atom stereocenters. The summed E-state index contributed by atoms with van der Waals surface area (Å²) in [7, 11) is 0. The maximum Gasteiger partial charge on any atom is 0.322 e. The quantitative estimate of drug-likeness (QED) is 0.790. The fourth-order valence-electron chi connectivity index (χ4n) is 3.15. The zero-order valence-electron chi connectivity index (χ0n) is 12.8. The number of rotatable bonds is 4. The summed E-state index contributed by atoms with van der Waals surface area (Å²) < 4.78 is 0. The highest BCUT2D eigenvalue weighted by Gasteiger charge is 2.33. The van der Waals surface area contributed by atoms with Gasteiger partial charge in [-0.05, 0) is 36.8 Å². The van der Waals surface area contributed by atoms with Crippen LogP contribution in [0.2, 0.25) is 0 Å². The van der Waals surface area contributed by atoms with Crippen molar-refractivity contribution in [1.29, 1.82) is 0 Å². The van der Waals surface area contributed by atoms with E-state index in [1.54, 1.807) is 11.1 Å². The molecule has 2 aliphatic heterocycles. The van der Waals surface area contributed by atoms with Gasteiger partial charge in [-0.1, -0.05) is 6.07 Å². The number of carbonyl (C=O) groups is 3. The van der Waals surface area contributed by atoms with Crippen molar-refractivity contribution in [3.63, 3.8) is 0 Å². The summed E-state index contributed by atoms with van der Waals surface area (Å²) in [6.07, 6.45) is 6.57. The van der Waals surface area contributed by atoms with Gasteiger partial charge in [0.25, 0.3) is 5.91 Å². The first-order valence-electron chi connectivity index (χ1n) is 7.90. The summed E-state index contributed by atoms with van der Waals surface area (Å²) in [5.74, 6) is 0.0553. The van der Waals surface area contributed by atoms with Crippen LogP contribution < -0.4 is 10.6 Å². The minimum atomic E-state index is -0.733. The Labute approximate surface area is 134 Å². The number of nitrogens with zero attached hydrogens (tertiary/aromatic N) is 2. The highest BCUT2D eigenvalue weighted by atomic mass is 16.2. The van der Waals surface area contributed by atoms with Crippen LogP contribution in [0.25, 0.3) is 0 Å². The zero-order valence-corrected chi connectivity index (χ0v) is 12.8. The van der Waals surface area contributed by atoms with Gasteiger partial charge in [0, 0.05) is 25.5 Å². The van der Waals surface area contributed by atoms with Crippen LogP contribution in [-0.4, -0.2) is 46.9 Å². The molecule has 1 aromatic heterocycles. The first-order chi connectivity index (χ1) is 11.1. The van der Waals surface area contributed by atoms with E-state index in [0.717, 1.165) is 19.3 Å². The van der Waals surface area contributed by atoms with Crippen LogP contribution in [0.15, 0.2) is 24.5 Å². The number of carbonyl (C=O) groups excluding carboxylic acids is 3. The Hall–Kier alpha value is -2.44. The Kier molecular flexibility index (Phi) is 4.55. The van der Waals surface area contributed by atoms with Crippen molar-refractivity contribution in [2.24, 2.45) is 5.92 Å². The summed E-state index contributed by atoms with van der Waals surface area (Å²) in [5.41, 5.74) is 1.22. The molecule has 1 atom stereocenters. The van der Waals surface area contributed by atoms with Crippen molar-refractivity contribution in [3.05, 3.63) is 30.1 Å². The molecule has 122 valence electrons.